The molecule has 18 heavy (non-hydrogen) atoms. The molecule has 0 aliphatic heterocycles. The van der Waals surface area contributed by atoms with E-state index in [2.05, 4.69) is 30.3 Å². The van der Waals surface area contributed by atoms with Gasteiger partial charge < -0.3 is 5.11 Å². The second-order valence-corrected chi connectivity index (χ2v) is 5.78. The van der Waals surface area contributed by atoms with Crippen LogP contribution < -0.4 is 0 Å². The standard InChI is InChI=1S/C17H22O/c18-16-9-3-5-13(12-16)11-15-8-4-7-14-6-1-2-10-17(14)15/h1-2,6,10,12,15-16,18H,3-5,7-9,11H2. The van der Waals surface area contributed by atoms with Gasteiger partial charge in [-0.2, -0.15) is 0 Å². The summed E-state index contributed by atoms with van der Waals surface area (Å²) < 4.78 is 0. The molecular weight excluding hydrogens is 220 g/mol. The Hall–Kier alpha value is -1.08. The molecule has 2 aliphatic carbocycles. The molecule has 1 heteroatoms. The van der Waals surface area contributed by atoms with Gasteiger partial charge in [-0.25, -0.2) is 0 Å². The van der Waals surface area contributed by atoms with Gasteiger partial charge in [0.15, 0.2) is 0 Å². The first kappa shape index (κ1) is 12.0. The van der Waals surface area contributed by atoms with E-state index in [0.29, 0.717) is 5.92 Å². The average molecular weight is 242 g/mol. The molecule has 0 amide bonds. The van der Waals surface area contributed by atoms with E-state index in [0.717, 1.165) is 19.3 Å². The minimum absolute atomic E-state index is 0.187. The first-order chi connectivity index (χ1) is 8.83. The van der Waals surface area contributed by atoms with Crippen LogP contribution >= 0.6 is 0 Å². The molecule has 96 valence electrons. The Kier molecular flexibility index (Phi) is 3.51. The number of aliphatic hydroxyl groups is 1. The molecule has 1 nitrogen and oxygen atoms in total. The minimum Gasteiger partial charge on any atom is -0.389 e. The van der Waals surface area contributed by atoms with Crippen molar-refractivity contribution in [3.63, 3.8) is 0 Å². The maximum Gasteiger partial charge on any atom is 0.0723 e. The zero-order chi connectivity index (χ0) is 12.4. The van der Waals surface area contributed by atoms with Gasteiger partial charge in [-0.15, -0.1) is 0 Å². The highest BCUT2D eigenvalue weighted by Crippen LogP contribution is 2.37. The fourth-order valence-electron chi connectivity index (χ4n) is 3.53. The molecule has 1 aromatic rings. The third kappa shape index (κ3) is 2.51. The number of aliphatic hydroxyl groups excluding tert-OH is 1. The van der Waals surface area contributed by atoms with Crippen molar-refractivity contribution >= 4 is 0 Å². The average Bonchev–Trinajstić information content (AvgIpc) is 2.39. The number of allylic oxidation sites excluding steroid dienone is 1. The van der Waals surface area contributed by atoms with Crippen molar-refractivity contribution in [1.82, 2.24) is 0 Å². The second-order valence-electron chi connectivity index (χ2n) is 5.78. The lowest BCUT2D eigenvalue weighted by Gasteiger charge is -2.28. The van der Waals surface area contributed by atoms with Gasteiger partial charge >= 0.3 is 0 Å². The second kappa shape index (κ2) is 5.27. The monoisotopic (exact) mass is 242 g/mol. The van der Waals surface area contributed by atoms with E-state index in [1.165, 1.54) is 31.3 Å². The van der Waals surface area contributed by atoms with E-state index < -0.39 is 0 Å². The summed E-state index contributed by atoms with van der Waals surface area (Å²) in [6, 6.07) is 8.91. The van der Waals surface area contributed by atoms with E-state index >= 15 is 0 Å². The number of fused-ring (bicyclic) bond motifs is 1. The number of hydrogen-bond donors (Lipinski definition) is 1. The Morgan fingerprint density at radius 1 is 1.06 bits per heavy atom. The van der Waals surface area contributed by atoms with Gasteiger partial charge in [0, 0.05) is 0 Å². The van der Waals surface area contributed by atoms with Crippen LogP contribution in [0.15, 0.2) is 35.9 Å². The molecule has 0 bridgehead atoms. The van der Waals surface area contributed by atoms with Gasteiger partial charge in [-0.05, 0) is 62.0 Å². The van der Waals surface area contributed by atoms with Crippen LogP contribution in [0.3, 0.4) is 0 Å². The molecule has 0 saturated carbocycles. The summed E-state index contributed by atoms with van der Waals surface area (Å²) in [5.74, 6) is 0.687. The van der Waals surface area contributed by atoms with Crippen molar-refractivity contribution in [2.75, 3.05) is 0 Å². The number of hydrogen-bond acceptors (Lipinski definition) is 1. The van der Waals surface area contributed by atoms with Crippen molar-refractivity contribution < 1.29 is 5.11 Å². The largest absolute Gasteiger partial charge is 0.389 e. The molecule has 2 unspecified atom stereocenters. The lowest BCUT2D eigenvalue weighted by Crippen LogP contribution is -2.14. The molecule has 0 saturated heterocycles. The third-order valence-electron chi connectivity index (χ3n) is 4.43. The zero-order valence-electron chi connectivity index (χ0n) is 10.9. The molecule has 2 aliphatic rings. The molecule has 0 radical (unpaired) electrons. The fourth-order valence-corrected chi connectivity index (χ4v) is 3.53. The van der Waals surface area contributed by atoms with Crippen molar-refractivity contribution in [3.05, 3.63) is 47.0 Å². The molecule has 0 aromatic heterocycles. The molecule has 1 N–H and O–H groups in total. The minimum atomic E-state index is -0.187. The number of rotatable bonds is 2. The van der Waals surface area contributed by atoms with E-state index in [9.17, 15) is 5.11 Å². The summed E-state index contributed by atoms with van der Waals surface area (Å²) >= 11 is 0. The van der Waals surface area contributed by atoms with Crippen molar-refractivity contribution in [3.8, 4) is 0 Å². The van der Waals surface area contributed by atoms with Gasteiger partial charge in [-0.1, -0.05) is 35.9 Å². The van der Waals surface area contributed by atoms with Crippen LogP contribution in [0.1, 0.15) is 55.6 Å². The Morgan fingerprint density at radius 2 is 1.89 bits per heavy atom. The highest BCUT2D eigenvalue weighted by molar-refractivity contribution is 5.33. The van der Waals surface area contributed by atoms with Crippen LogP contribution in [0.25, 0.3) is 0 Å². The van der Waals surface area contributed by atoms with Gasteiger partial charge in [-0.3, -0.25) is 0 Å². The smallest absolute Gasteiger partial charge is 0.0723 e. The Labute approximate surface area is 110 Å². The van der Waals surface area contributed by atoms with E-state index in [-0.39, 0.29) is 6.10 Å². The Bertz CT molecular complexity index is 447. The molecule has 3 rings (SSSR count). The van der Waals surface area contributed by atoms with Crippen molar-refractivity contribution in [1.29, 1.82) is 0 Å². The van der Waals surface area contributed by atoms with Crippen molar-refractivity contribution in [2.24, 2.45) is 0 Å². The first-order valence-electron chi connectivity index (χ1n) is 7.28. The third-order valence-corrected chi connectivity index (χ3v) is 4.43. The topological polar surface area (TPSA) is 20.2 Å². The summed E-state index contributed by atoms with van der Waals surface area (Å²) in [5.41, 5.74) is 4.59. The maximum atomic E-state index is 9.73. The van der Waals surface area contributed by atoms with Gasteiger partial charge in [0.1, 0.15) is 0 Å². The molecular formula is C17H22O. The summed E-state index contributed by atoms with van der Waals surface area (Å²) in [4.78, 5) is 0. The Morgan fingerprint density at radius 3 is 2.78 bits per heavy atom. The van der Waals surface area contributed by atoms with E-state index in [1.54, 1.807) is 11.1 Å². The fraction of sp³-hybridized carbons (Fsp3) is 0.529. The quantitative estimate of drug-likeness (QED) is 0.778. The van der Waals surface area contributed by atoms with E-state index in [1.807, 2.05) is 0 Å². The van der Waals surface area contributed by atoms with Crippen molar-refractivity contribution in [2.45, 2.75) is 57.0 Å². The van der Waals surface area contributed by atoms with Crippen LogP contribution in [0.4, 0.5) is 0 Å². The lowest BCUT2D eigenvalue weighted by atomic mass is 9.78. The normalized spacial score (nSPS) is 27.5. The van der Waals surface area contributed by atoms with Crippen LogP contribution in [-0.4, -0.2) is 11.2 Å². The van der Waals surface area contributed by atoms with Crippen LogP contribution in [0, 0.1) is 0 Å². The molecule has 2 atom stereocenters. The maximum absolute atomic E-state index is 9.73. The van der Waals surface area contributed by atoms with Crippen LogP contribution in [0.5, 0.6) is 0 Å². The highest BCUT2D eigenvalue weighted by Gasteiger charge is 2.22. The molecule has 0 heterocycles. The van der Waals surface area contributed by atoms with Gasteiger partial charge in [0.2, 0.25) is 0 Å². The number of aryl methyl sites for hydroxylation is 1. The summed E-state index contributed by atoms with van der Waals surface area (Å²) in [7, 11) is 0. The summed E-state index contributed by atoms with van der Waals surface area (Å²) in [5, 5.41) is 9.73. The predicted molar refractivity (Wildman–Crippen MR) is 74.7 cm³/mol. The van der Waals surface area contributed by atoms with Crippen LogP contribution in [-0.2, 0) is 6.42 Å². The Balaban J connectivity index is 1.78. The van der Waals surface area contributed by atoms with Crippen LogP contribution in [0.2, 0.25) is 0 Å². The highest BCUT2D eigenvalue weighted by atomic mass is 16.3. The first-order valence-corrected chi connectivity index (χ1v) is 7.28. The van der Waals surface area contributed by atoms with Gasteiger partial charge in [0.05, 0.1) is 6.10 Å². The van der Waals surface area contributed by atoms with Gasteiger partial charge in [0.25, 0.3) is 0 Å². The summed E-state index contributed by atoms with van der Waals surface area (Å²) in [6.07, 6.45) is 10.3. The number of benzene rings is 1. The lowest BCUT2D eigenvalue weighted by molar-refractivity contribution is 0.201. The molecule has 0 fully saturated rings. The summed E-state index contributed by atoms with van der Waals surface area (Å²) in [6.45, 7) is 0. The zero-order valence-corrected chi connectivity index (χ0v) is 10.9. The van der Waals surface area contributed by atoms with E-state index in [4.69, 9.17) is 0 Å². The predicted octanol–water partition coefficient (Wildman–Crippen LogP) is 3.97. The molecule has 1 aromatic carbocycles. The SMILES string of the molecule is OC1C=C(CC2CCCc3ccccc32)CCC1. The molecule has 0 spiro atoms.